The van der Waals surface area contributed by atoms with E-state index in [-0.39, 0.29) is 114 Å². The van der Waals surface area contributed by atoms with Gasteiger partial charge in [0.05, 0.1) is 34.9 Å². The molecule has 0 aliphatic rings. The lowest BCUT2D eigenvalue weighted by Gasteiger charge is -2.17. The molecule has 0 aliphatic carbocycles. The first-order valence-corrected chi connectivity index (χ1v) is 29.0. The zero-order valence-electron chi connectivity index (χ0n) is 51.4. The standard InChI is InChI=1S/C36H42N8O6.C28H36N8O4/c1-5-22(4)42-34(47)26-14-25(15-27(37)16-26)29-18-40-33(41-21(2)3)35(48)44(29)19-31(46)39-17-24-11-12-28(30(45)13-24)32(38)43-36(49)50-20-23-9-7-6-8-10-23;1-5-16(4)35-27(39)19-9-18(10-20(29)11-19)22-13-33-26(34-15(2)3)28(40)36(22)14-24(38)32-12-17-6-7-21(25(30)31)23(37)8-17/h6-16,18,21-22,45H,5,17,19-20,37H2,1-4H3,(H,39,46)(H,40,41)(H,42,47)(H2,38,43,49);6-11,13,15-16,37H,5,12,14,29H2,1-4H3,(H3,30,31)(H,32,38)(H,33,34)(H,35,39)/t22-;16-/m00/s1. The van der Waals surface area contributed by atoms with Gasteiger partial charge in [-0.1, -0.05) is 56.3 Å². The summed E-state index contributed by atoms with van der Waals surface area (Å²) in [5.74, 6) is -2.60. The Morgan fingerprint density at radius 3 is 1.42 bits per heavy atom. The zero-order chi connectivity index (χ0) is 65.9. The highest BCUT2D eigenvalue weighted by Gasteiger charge is 2.22. The van der Waals surface area contributed by atoms with Gasteiger partial charge in [-0.3, -0.25) is 54.0 Å². The average Bonchev–Trinajstić information content (AvgIpc) is 0.826. The molecule has 2 atom stereocenters. The normalized spacial score (nSPS) is 11.5. The second-order valence-corrected chi connectivity index (χ2v) is 21.8. The molecular weight excluding hydrogens is 1150 g/mol. The highest BCUT2D eigenvalue weighted by Crippen LogP contribution is 2.26. The fourth-order valence-electron chi connectivity index (χ4n) is 8.72. The Hall–Kier alpha value is -11.1. The molecule has 0 fully saturated rings. The van der Waals surface area contributed by atoms with E-state index >= 15 is 0 Å². The van der Waals surface area contributed by atoms with E-state index in [0.29, 0.717) is 50.4 Å². The van der Waals surface area contributed by atoms with Crippen LogP contribution in [-0.4, -0.2) is 94.9 Å². The molecule has 17 N–H and O–H groups in total. The van der Waals surface area contributed by atoms with Crippen LogP contribution >= 0.6 is 0 Å². The summed E-state index contributed by atoms with van der Waals surface area (Å²) in [5.41, 5.74) is 21.4. The summed E-state index contributed by atoms with van der Waals surface area (Å²) in [6.45, 7) is 14.4. The van der Waals surface area contributed by atoms with Crippen LogP contribution in [0.15, 0.2) is 125 Å². The largest absolute Gasteiger partial charge is 0.507 e. The minimum absolute atomic E-state index is 0.0168. The molecule has 90 heavy (non-hydrogen) atoms. The number of carbonyl (C=O) groups is 5. The molecule has 474 valence electrons. The minimum atomic E-state index is -0.851. The van der Waals surface area contributed by atoms with Crippen molar-refractivity contribution in [3.05, 3.63) is 175 Å². The van der Waals surface area contributed by atoms with E-state index in [2.05, 4.69) is 47.2 Å². The van der Waals surface area contributed by atoms with Crippen molar-refractivity contribution < 1.29 is 38.9 Å². The van der Waals surface area contributed by atoms with Gasteiger partial charge < -0.3 is 64.1 Å². The highest BCUT2D eigenvalue weighted by molar-refractivity contribution is 6.06. The molecule has 0 saturated heterocycles. The smallest absolute Gasteiger partial charge is 0.413 e. The molecule has 0 unspecified atom stereocenters. The summed E-state index contributed by atoms with van der Waals surface area (Å²) >= 11 is 0. The van der Waals surface area contributed by atoms with Crippen molar-refractivity contribution in [3.63, 3.8) is 0 Å². The number of benzene rings is 5. The number of aromatic hydroxyl groups is 2. The van der Waals surface area contributed by atoms with Gasteiger partial charge >= 0.3 is 6.09 Å². The monoisotopic (exact) mass is 1230 g/mol. The van der Waals surface area contributed by atoms with Crippen molar-refractivity contribution in [1.29, 1.82) is 10.8 Å². The number of alkyl carbamates (subject to hydrolysis) is 1. The summed E-state index contributed by atoms with van der Waals surface area (Å²) in [6, 6.07) is 27.1. The molecule has 2 heterocycles. The molecule has 0 spiro atoms. The highest BCUT2D eigenvalue weighted by atomic mass is 16.5. The molecule has 26 nitrogen and oxygen atoms in total. The van der Waals surface area contributed by atoms with E-state index in [4.69, 9.17) is 32.8 Å². The van der Waals surface area contributed by atoms with Crippen LogP contribution in [0.25, 0.3) is 22.5 Å². The van der Waals surface area contributed by atoms with Crippen LogP contribution in [0, 0.1) is 10.8 Å². The Kier molecular flexibility index (Phi) is 23.9. The number of hydrogen-bond donors (Lipinski definition) is 14. The van der Waals surface area contributed by atoms with Gasteiger partial charge in [-0.15, -0.1) is 0 Å². The van der Waals surface area contributed by atoms with E-state index in [9.17, 15) is 43.8 Å². The quantitative estimate of drug-likeness (QED) is 0.0180. The topological polar surface area (TPSA) is 415 Å². The van der Waals surface area contributed by atoms with E-state index in [1.54, 1.807) is 54.6 Å². The van der Waals surface area contributed by atoms with Crippen molar-refractivity contribution in [2.75, 3.05) is 22.1 Å². The van der Waals surface area contributed by atoms with Crippen molar-refractivity contribution >= 4 is 64.4 Å². The molecule has 5 aromatic carbocycles. The van der Waals surface area contributed by atoms with Gasteiger partial charge in [-0.05, 0) is 132 Å². The van der Waals surface area contributed by atoms with Crippen LogP contribution in [0.1, 0.15) is 117 Å². The first-order chi connectivity index (χ1) is 42.7. The second-order valence-electron chi connectivity index (χ2n) is 21.8. The third-order valence-electron chi connectivity index (χ3n) is 13.7. The van der Waals surface area contributed by atoms with Crippen LogP contribution in [0.4, 0.5) is 27.8 Å². The maximum absolute atomic E-state index is 13.6. The summed E-state index contributed by atoms with van der Waals surface area (Å²) in [4.78, 5) is 99.7. The van der Waals surface area contributed by atoms with Gasteiger partial charge in [-0.25, -0.2) is 14.8 Å². The number of nitrogens with one attached hydrogen (secondary N) is 9. The van der Waals surface area contributed by atoms with E-state index in [1.807, 2.05) is 73.6 Å². The lowest BCUT2D eigenvalue weighted by Crippen LogP contribution is -2.35. The first-order valence-electron chi connectivity index (χ1n) is 29.0. The second kappa shape index (κ2) is 31.6. The Morgan fingerprint density at radius 2 is 1.02 bits per heavy atom. The average molecular weight is 1230 g/mol. The number of ether oxygens (including phenoxy) is 1. The number of nitrogen functional groups attached to an aromatic ring is 3. The van der Waals surface area contributed by atoms with Gasteiger partial charge in [0.25, 0.3) is 22.9 Å². The number of carbonyl (C=O) groups excluding carboxylic acids is 5. The number of anilines is 4. The van der Waals surface area contributed by atoms with Crippen LogP contribution in [0.2, 0.25) is 0 Å². The Bertz CT molecular complexity index is 3900. The SMILES string of the molecule is CC[C@H](C)NC(=O)c1cc(N)cc(-c2cnc(NC(C)C)c(=O)n2CC(=O)NCc2ccc(C(=N)N)c(O)c2)c1.CC[C@H](C)NC(=O)c1cc(N)cc(-c2cnc(NC(C)C)c(=O)n2CC(=O)NCc2ccc(C(=N)NC(=O)OCc3ccccc3)c(O)c2)c1. The number of amides is 5. The maximum Gasteiger partial charge on any atom is 0.413 e. The Labute approximate surface area is 520 Å². The summed E-state index contributed by atoms with van der Waals surface area (Å²) in [6.07, 6.45) is 3.55. The lowest BCUT2D eigenvalue weighted by molar-refractivity contribution is -0.122. The van der Waals surface area contributed by atoms with Gasteiger partial charge in [-0.2, -0.15) is 0 Å². The van der Waals surface area contributed by atoms with Gasteiger partial charge in [0.15, 0.2) is 11.6 Å². The third kappa shape index (κ3) is 19.2. The maximum atomic E-state index is 13.6. The Morgan fingerprint density at radius 1 is 0.589 bits per heavy atom. The molecule has 0 aliphatic heterocycles. The molecular formula is C64H78N16O10. The molecule has 7 aromatic rings. The van der Waals surface area contributed by atoms with Crippen molar-refractivity contribution in [1.82, 2.24) is 45.7 Å². The van der Waals surface area contributed by atoms with Crippen LogP contribution in [-0.2, 0) is 47.1 Å². The fraction of sp³-hybridized carbons (Fsp3) is 0.297. The molecule has 5 amide bonds. The summed E-state index contributed by atoms with van der Waals surface area (Å²) in [7, 11) is 0. The predicted octanol–water partition coefficient (Wildman–Crippen LogP) is 6.26. The zero-order valence-corrected chi connectivity index (χ0v) is 51.4. The number of nitrogens with two attached hydrogens (primary N) is 3. The van der Waals surface area contributed by atoms with E-state index < -0.39 is 35.6 Å². The molecule has 2 aromatic heterocycles. The number of nitrogens with zero attached hydrogens (tertiary/aromatic N) is 4. The number of phenols is 2. The van der Waals surface area contributed by atoms with E-state index in [1.165, 1.54) is 51.9 Å². The first kappa shape index (κ1) is 68.1. The van der Waals surface area contributed by atoms with Gasteiger partial charge in [0.1, 0.15) is 42.9 Å². The summed E-state index contributed by atoms with van der Waals surface area (Å²) < 4.78 is 7.66. The minimum Gasteiger partial charge on any atom is -0.507 e. The number of phenolic OH excluding ortho intramolecular Hbond substituents is 2. The van der Waals surface area contributed by atoms with Gasteiger partial charge in [0.2, 0.25) is 11.8 Å². The molecule has 7 rings (SSSR count). The van der Waals surface area contributed by atoms with Crippen molar-refractivity contribution in [2.45, 2.75) is 125 Å². The molecule has 26 heteroatoms. The number of rotatable bonds is 24. The van der Waals surface area contributed by atoms with Crippen LogP contribution in [0.3, 0.4) is 0 Å². The summed E-state index contributed by atoms with van der Waals surface area (Å²) in [5, 5.41) is 55.9. The van der Waals surface area contributed by atoms with Crippen LogP contribution in [0.5, 0.6) is 11.5 Å². The third-order valence-corrected chi connectivity index (χ3v) is 13.7. The van der Waals surface area contributed by atoms with Crippen molar-refractivity contribution in [3.8, 4) is 34.0 Å². The number of aromatic nitrogens is 4. The van der Waals surface area contributed by atoms with Crippen molar-refractivity contribution in [2.24, 2.45) is 5.73 Å². The lowest BCUT2D eigenvalue weighted by atomic mass is 10.1. The number of amidine groups is 2. The fourth-order valence-corrected chi connectivity index (χ4v) is 8.72. The molecule has 0 saturated carbocycles. The predicted molar refractivity (Wildman–Crippen MR) is 346 cm³/mol. The molecule has 0 radical (unpaired) electrons. The number of hydrogen-bond acceptors (Lipinski definition) is 18. The van der Waals surface area contributed by atoms with Crippen LogP contribution < -0.4 is 65.5 Å². The van der Waals surface area contributed by atoms with Gasteiger partial charge in [0, 0.05) is 70.9 Å². The Balaban J connectivity index is 0.000000294. The van der Waals surface area contributed by atoms with E-state index in [0.717, 1.165) is 18.4 Å². The molecule has 0 bridgehead atoms.